The van der Waals surface area contributed by atoms with Gasteiger partial charge in [0.2, 0.25) is 5.91 Å². The third kappa shape index (κ3) is 8.26. The molecule has 17 heavy (non-hydrogen) atoms. The van der Waals surface area contributed by atoms with Crippen LogP contribution in [0.3, 0.4) is 0 Å². The van der Waals surface area contributed by atoms with Crippen LogP contribution >= 0.6 is 0 Å². The number of hydrogen-bond donors (Lipinski definition) is 1. The average molecular weight is 235 g/mol. The minimum Gasteiger partial charge on any atom is -0.323 e. The van der Waals surface area contributed by atoms with Crippen LogP contribution in [0.4, 0.5) is 5.69 Å². The van der Waals surface area contributed by atoms with Gasteiger partial charge in [0.1, 0.15) is 0 Å². The van der Waals surface area contributed by atoms with Crippen LogP contribution in [0.25, 0.3) is 0 Å². The topological polar surface area (TPSA) is 29.1 Å². The molecule has 1 rings (SSSR count). The van der Waals surface area contributed by atoms with Crippen LogP contribution in [0.5, 0.6) is 0 Å². The summed E-state index contributed by atoms with van der Waals surface area (Å²) in [5, 5.41) is 2.69. The molecule has 0 spiro atoms. The summed E-state index contributed by atoms with van der Waals surface area (Å²) in [6.07, 6.45) is 2.27. The van der Waals surface area contributed by atoms with Gasteiger partial charge in [0, 0.05) is 5.69 Å². The Morgan fingerprint density at radius 3 is 2.00 bits per heavy atom. The van der Waals surface area contributed by atoms with Crippen molar-refractivity contribution in [3.05, 3.63) is 42.5 Å². The Bertz CT molecular complexity index is 301. The molecule has 0 aromatic heterocycles. The molecule has 2 heteroatoms. The fraction of sp³-hybridized carbons (Fsp3) is 0.400. The zero-order valence-electron chi connectivity index (χ0n) is 11.7. The minimum absolute atomic E-state index is 0.177. The smallest absolute Gasteiger partial charge is 0.247 e. The maximum Gasteiger partial charge on any atom is 0.247 e. The van der Waals surface area contributed by atoms with Crippen molar-refractivity contribution in [1.82, 2.24) is 0 Å². The van der Waals surface area contributed by atoms with Gasteiger partial charge in [-0.25, -0.2) is 0 Å². The normalized spacial score (nSPS) is 7.82. The second-order valence-corrected chi connectivity index (χ2v) is 2.74. The first-order valence-corrected chi connectivity index (χ1v) is 6.28. The summed E-state index contributed by atoms with van der Waals surface area (Å²) >= 11 is 0. The Hall–Kier alpha value is -1.57. The van der Waals surface area contributed by atoms with Gasteiger partial charge in [-0.2, -0.15) is 0 Å². The van der Waals surface area contributed by atoms with E-state index in [0.717, 1.165) is 12.1 Å². The Balaban J connectivity index is 0. The van der Waals surface area contributed by atoms with Crippen molar-refractivity contribution in [2.24, 2.45) is 0 Å². The molecule has 0 unspecified atom stereocenters. The van der Waals surface area contributed by atoms with Gasteiger partial charge >= 0.3 is 0 Å². The van der Waals surface area contributed by atoms with E-state index < -0.39 is 0 Å². The van der Waals surface area contributed by atoms with Gasteiger partial charge in [-0.3, -0.25) is 4.79 Å². The molecule has 0 aliphatic carbocycles. The predicted molar refractivity (Wildman–Crippen MR) is 77.3 cm³/mol. The molecule has 0 fully saturated rings. The lowest BCUT2D eigenvalue weighted by Gasteiger charge is -2.02. The lowest BCUT2D eigenvalue weighted by molar-refractivity contribution is -0.111. The first-order valence-electron chi connectivity index (χ1n) is 6.28. The summed E-state index contributed by atoms with van der Waals surface area (Å²) in [4.78, 5) is 10.9. The molecule has 96 valence electrons. The molecule has 0 heterocycles. The molecule has 0 bridgehead atoms. The zero-order chi connectivity index (χ0) is 13.7. The highest BCUT2D eigenvalue weighted by atomic mass is 16.1. The predicted octanol–water partition coefficient (Wildman–Crippen LogP) is 4.43. The Kier molecular flexibility index (Phi) is 13.1. The van der Waals surface area contributed by atoms with E-state index >= 15 is 0 Å². The summed E-state index contributed by atoms with van der Waals surface area (Å²) in [6.45, 7) is 13.5. The highest BCUT2D eigenvalue weighted by Gasteiger charge is 1.95. The maximum absolute atomic E-state index is 10.9. The second kappa shape index (κ2) is 12.5. The summed E-state index contributed by atoms with van der Waals surface area (Å²) in [6, 6.07) is 7.78. The number of hydrogen-bond acceptors (Lipinski definition) is 1. The van der Waals surface area contributed by atoms with Crippen LogP contribution in [0.15, 0.2) is 36.9 Å². The van der Waals surface area contributed by atoms with E-state index in [1.165, 1.54) is 11.6 Å². The van der Waals surface area contributed by atoms with Crippen molar-refractivity contribution in [3.63, 3.8) is 0 Å². The SMILES string of the molecule is C=CC(=O)Nc1ccc(CC)cc1.CC.CC. The molecule has 1 aromatic rings. The van der Waals surface area contributed by atoms with Crippen LogP contribution in [0.2, 0.25) is 0 Å². The number of benzene rings is 1. The van der Waals surface area contributed by atoms with Gasteiger partial charge in [0.05, 0.1) is 0 Å². The van der Waals surface area contributed by atoms with Crippen LogP contribution in [-0.2, 0) is 11.2 Å². The van der Waals surface area contributed by atoms with E-state index in [1.54, 1.807) is 0 Å². The molecule has 0 aliphatic rings. The first kappa shape index (κ1) is 17.8. The lowest BCUT2D eigenvalue weighted by atomic mass is 10.1. The average Bonchev–Trinajstić information content (AvgIpc) is 2.44. The van der Waals surface area contributed by atoms with Crippen molar-refractivity contribution in [1.29, 1.82) is 0 Å². The first-order chi connectivity index (χ1) is 8.26. The number of nitrogens with one attached hydrogen (secondary N) is 1. The fourth-order valence-electron chi connectivity index (χ4n) is 1.02. The zero-order valence-corrected chi connectivity index (χ0v) is 11.7. The van der Waals surface area contributed by atoms with Crippen molar-refractivity contribution in [2.45, 2.75) is 41.0 Å². The van der Waals surface area contributed by atoms with Crippen molar-refractivity contribution >= 4 is 11.6 Å². The molecule has 0 radical (unpaired) electrons. The van der Waals surface area contributed by atoms with Crippen molar-refractivity contribution in [3.8, 4) is 0 Å². The molecule has 1 N–H and O–H groups in total. The summed E-state index contributed by atoms with van der Waals surface area (Å²) in [5.74, 6) is -0.177. The quantitative estimate of drug-likeness (QED) is 0.772. The number of aryl methyl sites for hydroxylation is 1. The summed E-state index contributed by atoms with van der Waals surface area (Å²) < 4.78 is 0. The lowest BCUT2D eigenvalue weighted by Crippen LogP contribution is -2.06. The molecule has 0 saturated heterocycles. The monoisotopic (exact) mass is 235 g/mol. The molecule has 0 atom stereocenters. The van der Waals surface area contributed by atoms with Gasteiger partial charge in [-0.05, 0) is 30.2 Å². The van der Waals surface area contributed by atoms with Gasteiger partial charge in [-0.15, -0.1) is 0 Å². The molecule has 1 aromatic carbocycles. The summed E-state index contributed by atoms with van der Waals surface area (Å²) in [5.41, 5.74) is 2.07. The van der Waals surface area contributed by atoms with E-state index in [2.05, 4.69) is 18.8 Å². The van der Waals surface area contributed by atoms with Crippen LogP contribution in [0.1, 0.15) is 40.2 Å². The van der Waals surface area contributed by atoms with E-state index in [0.29, 0.717) is 0 Å². The largest absolute Gasteiger partial charge is 0.323 e. The van der Waals surface area contributed by atoms with E-state index in [9.17, 15) is 4.79 Å². The minimum atomic E-state index is -0.177. The van der Waals surface area contributed by atoms with Crippen LogP contribution in [-0.4, -0.2) is 5.91 Å². The third-order valence-electron chi connectivity index (χ3n) is 1.82. The number of anilines is 1. The standard InChI is InChI=1S/C11H13NO.2C2H6/c1-3-9-5-7-10(8-6-9)12-11(13)4-2;2*1-2/h4-8H,2-3H2,1H3,(H,12,13);2*1-2H3. The van der Waals surface area contributed by atoms with Gasteiger partial charge < -0.3 is 5.32 Å². The molecular weight excluding hydrogens is 210 g/mol. The highest BCUT2D eigenvalue weighted by molar-refractivity contribution is 5.98. The van der Waals surface area contributed by atoms with Gasteiger partial charge in [0.25, 0.3) is 0 Å². The molecule has 2 nitrogen and oxygen atoms in total. The Morgan fingerprint density at radius 1 is 1.18 bits per heavy atom. The molecular formula is C15H25NO. The Morgan fingerprint density at radius 2 is 1.65 bits per heavy atom. The number of carbonyl (C=O) groups excluding carboxylic acids is 1. The van der Waals surface area contributed by atoms with Gasteiger partial charge in [0.15, 0.2) is 0 Å². The van der Waals surface area contributed by atoms with E-state index in [1.807, 2.05) is 52.0 Å². The molecule has 0 saturated carbocycles. The second-order valence-electron chi connectivity index (χ2n) is 2.74. The maximum atomic E-state index is 10.9. The van der Waals surface area contributed by atoms with Crippen molar-refractivity contribution in [2.75, 3.05) is 5.32 Å². The summed E-state index contributed by atoms with van der Waals surface area (Å²) in [7, 11) is 0. The fourth-order valence-corrected chi connectivity index (χ4v) is 1.02. The van der Waals surface area contributed by atoms with Gasteiger partial charge in [-0.1, -0.05) is 53.3 Å². The third-order valence-corrected chi connectivity index (χ3v) is 1.82. The number of carbonyl (C=O) groups is 1. The number of amides is 1. The highest BCUT2D eigenvalue weighted by Crippen LogP contribution is 2.09. The number of rotatable bonds is 3. The molecule has 1 amide bonds. The Labute approximate surface area is 106 Å². The van der Waals surface area contributed by atoms with Crippen molar-refractivity contribution < 1.29 is 4.79 Å². The van der Waals surface area contributed by atoms with Crippen LogP contribution < -0.4 is 5.32 Å². The van der Waals surface area contributed by atoms with E-state index in [4.69, 9.17) is 0 Å². The molecule has 0 aliphatic heterocycles. The van der Waals surface area contributed by atoms with Crippen LogP contribution in [0, 0.1) is 0 Å². The van der Waals surface area contributed by atoms with E-state index in [-0.39, 0.29) is 5.91 Å².